The predicted molar refractivity (Wildman–Crippen MR) is 242 cm³/mol. The summed E-state index contributed by atoms with van der Waals surface area (Å²) >= 11 is 1.86. The molecule has 0 radical (unpaired) electrons. The largest absolute Gasteiger partial charge is 0.310 e. The fourth-order valence-electron chi connectivity index (χ4n) is 9.20. The lowest BCUT2D eigenvalue weighted by molar-refractivity contribution is 0.768. The van der Waals surface area contributed by atoms with Gasteiger partial charge in [0.15, 0.2) is 0 Å². The molecule has 0 saturated carbocycles. The SMILES string of the molecule is c1ccc(-c2cccc(N(c3ccc(C4(c5ccccc5)c5ccccc5-c5ccccc54)cc3)c3cccc(-c4ccc5sc6ccccc6c5c4)c3)c2)cc1. The molecule has 2 heteroatoms. The summed E-state index contributed by atoms with van der Waals surface area (Å²) in [4.78, 5) is 2.41. The second-order valence-corrected chi connectivity index (χ2v) is 15.9. The molecule has 0 bridgehead atoms. The highest BCUT2D eigenvalue weighted by Gasteiger charge is 2.45. The van der Waals surface area contributed by atoms with E-state index in [-0.39, 0.29) is 0 Å². The molecule has 0 atom stereocenters. The molecule has 10 aromatic rings. The topological polar surface area (TPSA) is 3.24 Å². The molecule has 1 aliphatic carbocycles. The first-order chi connectivity index (χ1) is 28.3. The Hall–Kier alpha value is -7.00. The van der Waals surface area contributed by atoms with Gasteiger partial charge in [-0.1, -0.05) is 170 Å². The summed E-state index contributed by atoms with van der Waals surface area (Å²) in [6.45, 7) is 0. The van der Waals surface area contributed by atoms with Crippen LogP contribution in [0.15, 0.2) is 224 Å². The average Bonchev–Trinajstić information content (AvgIpc) is 3.81. The molecule has 0 spiro atoms. The summed E-state index contributed by atoms with van der Waals surface area (Å²) in [7, 11) is 0. The monoisotopic (exact) mass is 743 g/mol. The van der Waals surface area contributed by atoms with E-state index in [2.05, 4.69) is 229 Å². The van der Waals surface area contributed by atoms with Crippen LogP contribution in [0, 0.1) is 0 Å². The van der Waals surface area contributed by atoms with E-state index in [1.54, 1.807) is 0 Å². The first-order valence-corrected chi connectivity index (χ1v) is 20.4. The number of benzene rings is 9. The number of anilines is 3. The van der Waals surface area contributed by atoms with Gasteiger partial charge in [0, 0.05) is 37.2 Å². The molecule has 0 aliphatic heterocycles. The molecule has 1 aliphatic rings. The van der Waals surface area contributed by atoms with E-state index in [0.29, 0.717) is 0 Å². The van der Waals surface area contributed by atoms with Gasteiger partial charge < -0.3 is 4.90 Å². The highest BCUT2D eigenvalue weighted by molar-refractivity contribution is 7.25. The number of fused-ring (bicyclic) bond motifs is 6. The molecule has 0 fully saturated rings. The number of thiophene rings is 1. The smallest absolute Gasteiger partial charge is 0.0713 e. The number of hydrogen-bond donors (Lipinski definition) is 0. The maximum absolute atomic E-state index is 2.41. The van der Waals surface area contributed by atoms with Crippen molar-refractivity contribution in [1.82, 2.24) is 0 Å². The van der Waals surface area contributed by atoms with E-state index in [9.17, 15) is 0 Å². The fourth-order valence-corrected chi connectivity index (χ4v) is 10.3. The van der Waals surface area contributed by atoms with Crippen molar-refractivity contribution in [2.45, 2.75) is 5.41 Å². The maximum Gasteiger partial charge on any atom is 0.0713 e. The summed E-state index contributed by atoms with van der Waals surface area (Å²) in [5.74, 6) is 0. The zero-order valence-electron chi connectivity index (χ0n) is 31.2. The minimum atomic E-state index is -0.449. The van der Waals surface area contributed by atoms with Crippen LogP contribution >= 0.6 is 11.3 Å². The summed E-state index contributed by atoms with van der Waals surface area (Å²) in [5.41, 5.74) is 15.4. The second-order valence-electron chi connectivity index (χ2n) is 14.9. The molecule has 0 amide bonds. The van der Waals surface area contributed by atoms with Crippen molar-refractivity contribution in [1.29, 1.82) is 0 Å². The lowest BCUT2D eigenvalue weighted by atomic mass is 9.68. The van der Waals surface area contributed by atoms with Crippen LogP contribution in [0.5, 0.6) is 0 Å². The zero-order chi connectivity index (χ0) is 37.8. The van der Waals surface area contributed by atoms with Crippen LogP contribution in [0.25, 0.3) is 53.6 Å². The van der Waals surface area contributed by atoms with E-state index in [4.69, 9.17) is 0 Å². The lowest BCUT2D eigenvalue weighted by Gasteiger charge is -2.34. The number of hydrogen-bond acceptors (Lipinski definition) is 2. The van der Waals surface area contributed by atoms with Crippen molar-refractivity contribution in [2.75, 3.05) is 4.90 Å². The Labute approximate surface area is 337 Å². The van der Waals surface area contributed by atoms with Gasteiger partial charge in [-0.25, -0.2) is 0 Å². The molecule has 1 nitrogen and oxygen atoms in total. The lowest BCUT2D eigenvalue weighted by Crippen LogP contribution is -2.28. The normalized spacial score (nSPS) is 12.7. The van der Waals surface area contributed by atoms with Crippen LogP contribution < -0.4 is 4.90 Å². The number of rotatable bonds is 7. The van der Waals surface area contributed by atoms with E-state index in [0.717, 1.165) is 17.1 Å². The van der Waals surface area contributed by atoms with E-state index < -0.39 is 5.41 Å². The Balaban J connectivity index is 1.08. The van der Waals surface area contributed by atoms with Gasteiger partial charge in [0.25, 0.3) is 0 Å². The van der Waals surface area contributed by atoms with Crippen LogP contribution in [0.1, 0.15) is 22.3 Å². The van der Waals surface area contributed by atoms with E-state index in [1.165, 1.54) is 75.8 Å². The summed E-state index contributed by atoms with van der Waals surface area (Å²) in [6, 6.07) is 82.5. The molecular weight excluding hydrogens is 707 g/mol. The Morgan fingerprint density at radius 2 is 0.825 bits per heavy atom. The van der Waals surface area contributed by atoms with Crippen LogP contribution in [0.3, 0.4) is 0 Å². The third-order valence-electron chi connectivity index (χ3n) is 11.7. The molecule has 0 saturated heterocycles. The van der Waals surface area contributed by atoms with Crippen LogP contribution in [-0.4, -0.2) is 0 Å². The minimum absolute atomic E-state index is 0.449. The molecular formula is C55H37NS. The number of nitrogens with zero attached hydrogens (tertiary/aromatic N) is 1. The van der Waals surface area contributed by atoms with Crippen molar-refractivity contribution < 1.29 is 0 Å². The van der Waals surface area contributed by atoms with Gasteiger partial charge in [0.2, 0.25) is 0 Å². The standard InChI is InChI=1S/C55H37NS/c1-3-15-38(16-4-1)39-17-13-21-45(35-39)56(46-22-14-18-40(36-46)41-29-34-54-50(37-41)49-25-9-12-28-53(49)57-54)44-32-30-43(31-33-44)55(42-19-5-2-6-20-42)51-26-10-7-23-47(51)48-24-8-11-27-52(48)55/h1-37H. The molecule has 268 valence electrons. The zero-order valence-corrected chi connectivity index (χ0v) is 32.0. The van der Waals surface area contributed by atoms with Gasteiger partial charge >= 0.3 is 0 Å². The molecule has 57 heavy (non-hydrogen) atoms. The van der Waals surface area contributed by atoms with Gasteiger partial charge in [-0.3, -0.25) is 0 Å². The Morgan fingerprint density at radius 1 is 0.316 bits per heavy atom. The van der Waals surface area contributed by atoms with Crippen LogP contribution in [0.2, 0.25) is 0 Å². The highest BCUT2D eigenvalue weighted by Crippen LogP contribution is 2.56. The summed E-state index contributed by atoms with van der Waals surface area (Å²) < 4.78 is 2.64. The van der Waals surface area contributed by atoms with Crippen molar-refractivity contribution in [3.05, 3.63) is 247 Å². The highest BCUT2D eigenvalue weighted by atomic mass is 32.1. The van der Waals surface area contributed by atoms with Gasteiger partial charge in [-0.05, 0) is 110 Å². The molecule has 1 heterocycles. The third-order valence-corrected chi connectivity index (χ3v) is 12.9. The molecule has 0 N–H and O–H groups in total. The Bertz CT molecular complexity index is 3020. The molecule has 0 unspecified atom stereocenters. The first-order valence-electron chi connectivity index (χ1n) is 19.6. The van der Waals surface area contributed by atoms with Gasteiger partial charge in [0.05, 0.1) is 5.41 Å². The Morgan fingerprint density at radius 3 is 1.51 bits per heavy atom. The van der Waals surface area contributed by atoms with Gasteiger partial charge in [-0.15, -0.1) is 11.3 Å². The van der Waals surface area contributed by atoms with Gasteiger partial charge in [0.1, 0.15) is 0 Å². The molecule has 1 aromatic heterocycles. The molecule has 9 aromatic carbocycles. The third kappa shape index (κ3) is 5.44. The van der Waals surface area contributed by atoms with Crippen molar-refractivity contribution in [2.24, 2.45) is 0 Å². The second kappa shape index (κ2) is 13.6. The van der Waals surface area contributed by atoms with E-state index >= 15 is 0 Å². The van der Waals surface area contributed by atoms with Crippen LogP contribution in [-0.2, 0) is 5.41 Å². The van der Waals surface area contributed by atoms with Crippen molar-refractivity contribution >= 4 is 48.6 Å². The summed E-state index contributed by atoms with van der Waals surface area (Å²) in [5, 5.41) is 2.62. The van der Waals surface area contributed by atoms with Crippen LogP contribution in [0.4, 0.5) is 17.1 Å². The van der Waals surface area contributed by atoms with Crippen molar-refractivity contribution in [3.8, 4) is 33.4 Å². The predicted octanol–water partition coefficient (Wildman–Crippen LogP) is 15.2. The molecule has 11 rings (SSSR count). The Kier molecular flexibility index (Phi) is 7.98. The fraction of sp³-hybridized carbons (Fsp3) is 0.0182. The minimum Gasteiger partial charge on any atom is -0.310 e. The van der Waals surface area contributed by atoms with E-state index in [1.807, 2.05) is 11.3 Å². The van der Waals surface area contributed by atoms with Crippen molar-refractivity contribution in [3.63, 3.8) is 0 Å². The quantitative estimate of drug-likeness (QED) is 0.157. The first kappa shape index (κ1) is 33.3. The van der Waals surface area contributed by atoms with Gasteiger partial charge in [-0.2, -0.15) is 0 Å². The maximum atomic E-state index is 2.41. The average molecular weight is 744 g/mol. The summed E-state index contributed by atoms with van der Waals surface area (Å²) in [6.07, 6.45) is 0.